The molecule has 0 spiro atoms. The molecule has 28 heavy (non-hydrogen) atoms. The van der Waals surface area contributed by atoms with Crippen molar-refractivity contribution in [2.75, 3.05) is 46.3 Å². The Bertz CT molecular complexity index is 731. The SMILES string of the molecule is CC[C@]1(N2CCN(C(=O)c3ccc(C(F)(F)F)s3)CC2)CCN(C(=O)NC)C1. The van der Waals surface area contributed by atoms with E-state index < -0.39 is 11.1 Å². The van der Waals surface area contributed by atoms with Crippen LogP contribution in [0.4, 0.5) is 18.0 Å². The second-order valence-electron chi connectivity index (χ2n) is 7.25. The van der Waals surface area contributed by atoms with Gasteiger partial charge >= 0.3 is 12.2 Å². The Labute approximate surface area is 166 Å². The van der Waals surface area contributed by atoms with E-state index in [0.29, 0.717) is 50.6 Å². The summed E-state index contributed by atoms with van der Waals surface area (Å²) >= 11 is 0.497. The normalized spacial score (nSPS) is 23.9. The summed E-state index contributed by atoms with van der Waals surface area (Å²) in [5.74, 6) is -0.343. The van der Waals surface area contributed by atoms with Crippen molar-refractivity contribution in [3.05, 3.63) is 21.9 Å². The van der Waals surface area contributed by atoms with Gasteiger partial charge in [-0.2, -0.15) is 13.2 Å². The highest BCUT2D eigenvalue weighted by Crippen LogP contribution is 2.36. The quantitative estimate of drug-likeness (QED) is 0.821. The van der Waals surface area contributed by atoms with Crippen molar-refractivity contribution in [1.82, 2.24) is 20.0 Å². The Kier molecular flexibility index (Phi) is 5.90. The van der Waals surface area contributed by atoms with E-state index in [0.717, 1.165) is 18.9 Å². The predicted molar refractivity (Wildman–Crippen MR) is 100 cm³/mol. The summed E-state index contributed by atoms with van der Waals surface area (Å²) < 4.78 is 38.3. The Morgan fingerprint density at radius 2 is 1.82 bits per heavy atom. The number of halogens is 3. The van der Waals surface area contributed by atoms with Crippen molar-refractivity contribution in [3.8, 4) is 0 Å². The molecule has 1 N–H and O–H groups in total. The van der Waals surface area contributed by atoms with E-state index in [-0.39, 0.29) is 22.4 Å². The van der Waals surface area contributed by atoms with Crippen LogP contribution in [0, 0.1) is 0 Å². The van der Waals surface area contributed by atoms with E-state index in [4.69, 9.17) is 0 Å². The zero-order chi connectivity index (χ0) is 20.5. The first-order valence-electron chi connectivity index (χ1n) is 9.38. The van der Waals surface area contributed by atoms with Crippen molar-refractivity contribution in [3.63, 3.8) is 0 Å². The molecule has 2 aliphatic heterocycles. The molecule has 0 aromatic carbocycles. The van der Waals surface area contributed by atoms with Crippen LogP contribution < -0.4 is 5.32 Å². The molecular formula is C18H25F3N4O2S. The second kappa shape index (κ2) is 7.90. The maximum atomic E-state index is 12.8. The molecule has 0 saturated carbocycles. The molecule has 0 bridgehead atoms. The monoisotopic (exact) mass is 418 g/mol. The molecule has 3 amide bonds. The van der Waals surface area contributed by atoms with Crippen molar-refractivity contribution < 1.29 is 22.8 Å². The molecular weight excluding hydrogens is 393 g/mol. The molecule has 2 fully saturated rings. The third-order valence-corrected chi connectivity index (χ3v) is 6.94. The van der Waals surface area contributed by atoms with Gasteiger partial charge in [0.1, 0.15) is 4.88 Å². The lowest BCUT2D eigenvalue weighted by Gasteiger charge is -2.45. The van der Waals surface area contributed by atoms with E-state index in [1.807, 2.05) is 4.90 Å². The summed E-state index contributed by atoms with van der Waals surface area (Å²) in [5.41, 5.74) is -0.103. The van der Waals surface area contributed by atoms with E-state index in [9.17, 15) is 22.8 Å². The summed E-state index contributed by atoms with van der Waals surface area (Å²) in [6.45, 7) is 5.70. The van der Waals surface area contributed by atoms with Gasteiger partial charge in [-0.15, -0.1) is 11.3 Å². The van der Waals surface area contributed by atoms with Crippen LogP contribution in [0.5, 0.6) is 0 Å². The highest BCUT2D eigenvalue weighted by molar-refractivity contribution is 7.14. The first-order chi connectivity index (χ1) is 13.2. The fourth-order valence-electron chi connectivity index (χ4n) is 4.10. The Hall–Kier alpha value is -1.81. The summed E-state index contributed by atoms with van der Waals surface area (Å²) in [4.78, 5) is 29.7. The zero-order valence-corrected chi connectivity index (χ0v) is 16.8. The molecule has 1 atom stereocenters. The van der Waals surface area contributed by atoms with E-state index in [1.165, 1.54) is 6.07 Å². The minimum Gasteiger partial charge on any atom is -0.341 e. The molecule has 2 saturated heterocycles. The lowest BCUT2D eigenvalue weighted by Crippen LogP contribution is -2.59. The fraction of sp³-hybridized carbons (Fsp3) is 0.667. The minimum absolute atomic E-state index is 0.0812. The highest BCUT2D eigenvalue weighted by atomic mass is 32.1. The van der Waals surface area contributed by atoms with Crippen LogP contribution in [-0.2, 0) is 6.18 Å². The van der Waals surface area contributed by atoms with E-state index in [1.54, 1.807) is 11.9 Å². The molecule has 0 radical (unpaired) electrons. The van der Waals surface area contributed by atoms with Crippen LogP contribution in [0.25, 0.3) is 0 Å². The summed E-state index contributed by atoms with van der Waals surface area (Å²) in [5, 5.41) is 2.66. The number of rotatable bonds is 3. The number of carbonyl (C=O) groups is 2. The maximum Gasteiger partial charge on any atom is 0.425 e. The maximum absolute atomic E-state index is 12.8. The number of likely N-dealkylation sites (tertiary alicyclic amines) is 1. The minimum atomic E-state index is -4.42. The summed E-state index contributed by atoms with van der Waals surface area (Å²) in [7, 11) is 1.62. The van der Waals surface area contributed by atoms with Gasteiger partial charge in [0.2, 0.25) is 0 Å². The number of hydrogen-bond donors (Lipinski definition) is 1. The number of amides is 3. The molecule has 156 valence electrons. The third kappa shape index (κ3) is 3.98. The number of nitrogens with one attached hydrogen (secondary N) is 1. The topological polar surface area (TPSA) is 55.9 Å². The first kappa shape index (κ1) is 20.9. The smallest absolute Gasteiger partial charge is 0.341 e. The Morgan fingerprint density at radius 1 is 1.14 bits per heavy atom. The number of carbonyl (C=O) groups excluding carboxylic acids is 2. The Morgan fingerprint density at radius 3 is 2.36 bits per heavy atom. The Balaban J connectivity index is 1.61. The van der Waals surface area contributed by atoms with E-state index >= 15 is 0 Å². The number of urea groups is 1. The van der Waals surface area contributed by atoms with Crippen molar-refractivity contribution in [2.45, 2.75) is 31.5 Å². The lowest BCUT2D eigenvalue weighted by molar-refractivity contribution is -0.134. The van der Waals surface area contributed by atoms with Crippen molar-refractivity contribution in [2.24, 2.45) is 0 Å². The van der Waals surface area contributed by atoms with Crippen LogP contribution in [0.1, 0.15) is 34.3 Å². The second-order valence-corrected chi connectivity index (χ2v) is 8.33. The van der Waals surface area contributed by atoms with E-state index in [2.05, 4.69) is 17.1 Å². The number of hydrogen-bond acceptors (Lipinski definition) is 4. The molecule has 0 aliphatic carbocycles. The molecule has 10 heteroatoms. The lowest BCUT2D eigenvalue weighted by atomic mass is 9.92. The number of thiophene rings is 1. The number of alkyl halides is 3. The average molecular weight is 418 g/mol. The van der Waals surface area contributed by atoms with Gasteiger partial charge in [-0.05, 0) is 25.0 Å². The standard InChI is InChI=1S/C18H25F3N4O2S/c1-3-17(6-7-24(12-17)16(27)22-2)25-10-8-23(9-11-25)15(26)13-4-5-14(28-13)18(19,20)21/h4-5H,3,6-12H2,1-2H3,(H,22,27)/t17-/m0/s1. The first-order valence-corrected chi connectivity index (χ1v) is 10.2. The third-order valence-electron chi connectivity index (χ3n) is 5.83. The molecule has 0 unspecified atom stereocenters. The molecule has 3 rings (SSSR count). The number of nitrogens with zero attached hydrogens (tertiary/aromatic N) is 3. The zero-order valence-electron chi connectivity index (χ0n) is 16.0. The van der Waals surface area contributed by atoms with Gasteiger partial charge in [0.25, 0.3) is 5.91 Å². The van der Waals surface area contributed by atoms with Gasteiger partial charge in [-0.25, -0.2) is 4.79 Å². The summed E-state index contributed by atoms with van der Waals surface area (Å²) in [6.07, 6.45) is -2.65. The van der Waals surface area contributed by atoms with Crippen LogP contribution in [0.15, 0.2) is 12.1 Å². The van der Waals surface area contributed by atoms with Crippen LogP contribution in [0.2, 0.25) is 0 Å². The summed E-state index contributed by atoms with van der Waals surface area (Å²) in [6, 6.07) is 2.14. The molecule has 6 nitrogen and oxygen atoms in total. The van der Waals surface area contributed by atoms with Gasteiger partial charge < -0.3 is 15.1 Å². The van der Waals surface area contributed by atoms with Gasteiger partial charge in [-0.1, -0.05) is 6.92 Å². The molecule has 1 aromatic heterocycles. The fourth-order valence-corrected chi connectivity index (χ4v) is 4.94. The highest BCUT2D eigenvalue weighted by Gasteiger charge is 2.44. The van der Waals surface area contributed by atoms with Crippen LogP contribution in [0.3, 0.4) is 0 Å². The van der Waals surface area contributed by atoms with Gasteiger partial charge in [-0.3, -0.25) is 9.69 Å². The van der Waals surface area contributed by atoms with Crippen molar-refractivity contribution in [1.29, 1.82) is 0 Å². The van der Waals surface area contributed by atoms with Gasteiger partial charge in [0, 0.05) is 51.9 Å². The molecule has 3 heterocycles. The molecule has 2 aliphatic rings. The predicted octanol–water partition coefficient (Wildman–Crippen LogP) is 2.72. The van der Waals surface area contributed by atoms with Crippen molar-refractivity contribution >= 4 is 23.3 Å². The molecule has 1 aromatic rings. The van der Waals surface area contributed by atoms with Crippen LogP contribution >= 0.6 is 11.3 Å². The van der Waals surface area contributed by atoms with Gasteiger partial charge in [0.05, 0.1) is 4.88 Å². The van der Waals surface area contributed by atoms with Gasteiger partial charge in [0.15, 0.2) is 0 Å². The largest absolute Gasteiger partial charge is 0.425 e. The average Bonchev–Trinajstić information content (AvgIpc) is 3.35. The van der Waals surface area contributed by atoms with Crippen LogP contribution in [-0.4, -0.2) is 78.5 Å². The number of piperazine rings is 1.